The molecule has 0 saturated carbocycles. The van der Waals surface area contributed by atoms with Crippen molar-refractivity contribution in [2.75, 3.05) is 19.6 Å². The maximum absolute atomic E-state index is 3.45. The molecule has 0 radical (unpaired) electrons. The van der Waals surface area contributed by atoms with Crippen LogP contribution in [0, 0.1) is 0 Å². The van der Waals surface area contributed by atoms with Crippen LogP contribution >= 0.6 is 0 Å². The highest BCUT2D eigenvalue weighted by Gasteiger charge is 2.20. The van der Waals surface area contributed by atoms with E-state index in [0.717, 1.165) is 19.6 Å². The summed E-state index contributed by atoms with van der Waals surface area (Å²) in [4.78, 5) is 0. The van der Waals surface area contributed by atoms with Crippen molar-refractivity contribution in [2.45, 2.75) is 12.5 Å². The van der Waals surface area contributed by atoms with Gasteiger partial charge in [0.25, 0.3) is 0 Å². The number of hydrogen-bond donors (Lipinski definition) is 2. The summed E-state index contributed by atoms with van der Waals surface area (Å²) < 4.78 is 0. The molecule has 0 aliphatic carbocycles. The molecule has 2 nitrogen and oxygen atoms in total. The Morgan fingerprint density at radius 2 is 2.56 bits per heavy atom. The normalized spacial score (nSPS) is 33.8. The van der Waals surface area contributed by atoms with Crippen LogP contribution in [0.4, 0.5) is 0 Å². The lowest BCUT2D eigenvalue weighted by atomic mass is 10.1. The van der Waals surface area contributed by atoms with Crippen LogP contribution in [-0.2, 0) is 0 Å². The third kappa shape index (κ3) is 0.884. The Hall–Kier alpha value is -0.340. The van der Waals surface area contributed by atoms with Crippen molar-refractivity contribution in [3.63, 3.8) is 0 Å². The van der Waals surface area contributed by atoms with E-state index in [4.69, 9.17) is 0 Å². The Morgan fingerprint density at radius 1 is 1.56 bits per heavy atom. The van der Waals surface area contributed by atoms with E-state index in [9.17, 15) is 0 Å². The van der Waals surface area contributed by atoms with Crippen LogP contribution in [0.5, 0.6) is 0 Å². The fraction of sp³-hybridized carbons (Fsp3) is 0.714. The second-order valence-electron chi connectivity index (χ2n) is 2.71. The molecule has 2 heteroatoms. The summed E-state index contributed by atoms with van der Waals surface area (Å²) in [6.07, 6.45) is 3.58. The van der Waals surface area contributed by atoms with E-state index >= 15 is 0 Å². The lowest BCUT2D eigenvalue weighted by Crippen LogP contribution is -2.35. The first kappa shape index (κ1) is 5.45. The minimum absolute atomic E-state index is 0.666. The van der Waals surface area contributed by atoms with Crippen LogP contribution in [0.3, 0.4) is 0 Å². The van der Waals surface area contributed by atoms with Gasteiger partial charge in [0.15, 0.2) is 0 Å². The molecule has 2 aliphatic rings. The summed E-state index contributed by atoms with van der Waals surface area (Å²) >= 11 is 0. The van der Waals surface area contributed by atoms with Gasteiger partial charge in [-0.1, -0.05) is 6.08 Å². The Balaban J connectivity index is 2.16. The van der Waals surface area contributed by atoms with Crippen molar-refractivity contribution in [2.24, 2.45) is 0 Å². The van der Waals surface area contributed by atoms with E-state index in [1.807, 2.05) is 0 Å². The molecule has 2 rings (SSSR count). The molecule has 0 spiro atoms. The van der Waals surface area contributed by atoms with Crippen molar-refractivity contribution in [3.8, 4) is 0 Å². The molecule has 2 aliphatic heterocycles. The Labute approximate surface area is 55.3 Å². The molecule has 2 heterocycles. The highest BCUT2D eigenvalue weighted by Crippen LogP contribution is 2.11. The third-order valence-corrected chi connectivity index (χ3v) is 2.07. The summed E-state index contributed by atoms with van der Waals surface area (Å²) in [5.41, 5.74) is 1.57. The average Bonchev–Trinajstić information content (AvgIpc) is 2.33. The van der Waals surface area contributed by atoms with Gasteiger partial charge < -0.3 is 10.6 Å². The minimum atomic E-state index is 0.666. The highest BCUT2D eigenvalue weighted by molar-refractivity contribution is 5.20. The maximum atomic E-state index is 3.45. The quantitative estimate of drug-likeness (QED) is 0.440. The molecule has 9 heavy (non-hydrogen) atoms. The van der Waals surface area contributed by atoms with Crippen LogP contribution in [0.15, 0.2) is 11.6 Å². The van der Waals surface area contributed by atoms with Gasteiger partial charge in [0.2, 0.25) is 0 Å². The number of hydrogen-bond acceptors (Lipinski definition) is 2. The van der Waals surface area contributed by atoms with Crippen LogP contribution in [-0.4, -0.2) is 25.7 Å². The van der Waals surface area contributed by atoms with Gasteiger partial charge in [-0.3, -0.25) is 0 Å². The maximum Gasteiger partial charge on any atom is 0.0418 e. The molecule has 1 saturated heterocycles. The monoisotopic (exact) mass is 124 g/mol. The first-order valence-corrected chi connectivity index (χ1v) is 3.60. The van der Waals surface area contributed by atoms with E-state index in [2.05, 4.69) is 16.7 Å². The smallest absolute Gasteiger partial charge is 0.0418 e. The van der Waals surface area contributed by atoms with Gasteiger partial charge >= 0.3 is 0 Å². The Morgan fingerprint density at radius 3 is 3.44 bits per heavy atom. The topological polar surface area (TPSA) is 24.1 Å². The minimum Gasteiger partial charge on any atom is -0.311 e. The number of nitrogens with one attached hydrogen (secondary N) is 2. The van der Waals surface area contributed by atoms with Crippen LogP contribution in [0.1, 0.15) is 6.42 Å². The van der Waals surface area contributed by atoms with E-state index in [0.29, 0.717) is 6.04 Å². The lowest BCUT2D eigenvalue weighted by molar-refractivity contribution is 0.579. The van der Waals surface area contributed by atoms with Gasteiger partial charge in [-0.05, 0) is 18.5 Å². The van der Waals surface area contributed by atoms with Gasteiger partial charge in [-0.2, -0.15) is 0 Å². The Kier molecular flexibility index (Phi) is 1.28. The van der Waals surface area contributed by atoms with Gasteiger partial charge in [0.05, 0.1) is 0 Å². The van der Waals surface area contributed by atoms with Crippen molar-refractivity contribution in [1.82, 2.24) is 10.6 Å². The number of rotatable bonds is 0. The van der Waals surface area contributed by atoms with Gasteiger partial charge in [-0.25, -0.2) is 0 Å². The third-order valence-electron chi connectivity index (χ3n) is 2.07. The zero-order chi connectivity index (χ0) is 6.10. The molecular weight excluding hydrogens is 112 g/mol. The van der Waals surface area contributed by atoms with E-state index in [-0.39, 0.29) is 0 Å². The van der Waals surface area contributed by atoms with Crippen LogP contribution in [0.2, 0.25) is 0 Å². The molecule has 0 unspecified atom stereocenters. The Bertz CT molecular complexity index is 140. The van der Waals surface area contributed by atoms with E-state index in [1.165, 1.54) is 6.42 Å². The van der Waals surface area contributed by atoms with Crippen molar-refractivity contribution in [1.29, 1.82) is 0 Å². The molecule has 0 amide bonds. The fourth-order valence-electron chi connectivity index (χ4n) is 1.55. The molecule has 0 aromatic heterocycles. The predicted octanol–water partition coefficient (Wildman–Crippen LogP) is -0.122. The van der Waals surface area contributed by atoms with Crippen molar-refractivity contribution < 1.29 is 0 Å². The van der Waals surface area contributed by atoms with Gasteiger partial charge in [0, 0.05) is 19.1 Å². The number of fused-ring (bicyclic) bond motifs is 1. The summed E-state index contributed by atoms with van der Waals surface area (Å²) in [6.45, 7) is 3.40. The average molecular weight is 124 g/mol. The largest absolute Gasteiger partial charge is 0.311 e. The fourth-order valence-corrected chi connectivity index (χ4v) is 1.55. The highest BCUT2D eigenvalue weighted by atomic mass is 15.0. The molecule has 1 atom stereocenters. The van der Waals surface area contributed by atoms with Crippen LogP contribution < -0.4 is 10.6 Å². The summed E-state index contributed by atoms with van der Waals surface area (Å²) in [5, 5.41) is 6.78. The molecule has 0 bridgehead atoms. The molecular formula is C7H12N2. The second kappa shape index (κ2) is 2.12. The zero-order valence-electron chi connectivity index (χ0n) is 5.48. The summed E-state index contributed by atoms with van der Waals surface area (Å²) in [7, 11) is 0. The SMILES string of the molecule is C1=C2CNC[C@H]2NCC1. The van der Waals surface area contributed by atoms with E-state index in [1.54, 1.807) is 5.57 Å². The molecule has 50 valence electrons. The zero-order valence-corrected chi connectivity index (χ0v) is 5.48. The molecule has 1 fully saturated rings. The predicted molar refractivity (Wildman–Crippen MR) is 37.4 cm³/mol. The first-order valence-electron chi connectivity index (χ1n) is 3.60. The second-order valence-corrected chi connectivity index (χ2v) is 2.71. The van der Waals surface area contributed by atoms with Crippen molar-refractivity contribution in [3.05, 3.63) is 11.6 Å². The summed E-state index contributed by atoms with van der Waals surface area (Å²) in [5.74, 6) is 0. The molecule has 0 aromatic carbocycles. The van der Waals surface area contributed by atoms with Crippen LogP contribution in [0.25, 0.3) is 0 Å². The lowest BCUT2D eigenvalue weighted by Gasteiger charge is -2.17. The summed E-state index contributed by atoms with van der Waals surface area (Å²) in [6, 6.07) is 0.666. The molecule has 2 N–H and O–H groups in total. The molecule has 0 aromatic rings. The van der Waals surface area contributed by atoms with Crippen molar-refractivity contribution >= 4 is 0 Å². The van der Waals surface area contributed by atoms with Gasteiger partial charge in [-0.15, -0.1) is 0 Å². The standard InChI is InChI=1S/C7H12N2/c1-2-6-4-8-5-7(6)9-3-1/h2,7-9H,1,3-5H2/t7-/m1/s1. The van der Waals surface area contributed by atoms with E-state index < -0.39 is 0 Å². The van der Waals surface area contributed by atoms with Gasteiger partial charge in [0.1, 0.15) is 0 Å². The first-order chi connectivity index (χ1) is 4.47.